The standard InChI is InChI=1S/C17H12Cl2N2O3/c18-10-5-11(19)7-12(6-10)21-16(22)9-24-17(23)14-8-20-15-4-2-1-3-13(14)15/h1-8,20H,9H2,(H,21,22). The van der Waals surface area contributed by atoms with Crippen LogP contribution in [0.5, 0.6) is 0 Å². The zero-order chi connectivity index (χ0) is 17.1. The average Bonchev–Trinajstić information content (AvgIpc) is 2.95. The van der Waals surface area contributed by atoms with E-state index in [4.69, 9.17) is 27.9 Å². The van der Waals surface area contributed by atoms with Gasteiger partial charge >= 0.3 is 5.97 Å². The number of fused-ring (bicyclic) bond motifs is 1. The number of rotatable bonds is 4. The van der Waals surface area contributed by atoms with Crippen molar-refractivity contribution in [3.05, 3.63) is 64.3 Å². The highest BCUT2D eigenvalue weighted by atomic mass is 35.5. The van der Waals surface area contributed by atoms with Crippen LogP contribution < -0.4 is 5.32 Å². The molecule has 24 heavy (non-hydrogen) atoms. The van der Waals surface area contributed by atoms with Crippen LogP contribution in [0.2, 0.25) is 10.0 Å². The zero-order valence-corrected chi connectivity index (χ0v) is 13.8. The van der Waals surface area contributed by atoms with Crippen LogP contribution in [0, 0.1) is 0 Å². The molecule has 0 bridgehead atoms. The maximum Gasteiger partial charge on any atom is 0.340 e. The SMILES string of the molecule is O=C(COC(=O)c1c[nH]c2ccccc12)Nc1cc(Cl)cc(Cl)c1. The number of para-hydroxylation sites is 1. The highest BCUT2D eigenvalue weighted by Gasteiger charge is 2.15. The Bertz CT molecular complexity index is 901. The van der Waals surface area contributed by atoms with Gasteiger partial charge in [-0.2, -0.15) is 0 Å². The summed E-state index contributed by atoms with van der Waals surface area (Å²) in [4.78, 5) is 27.0. The van der Waals surface area contributed by atoms with Crippen LogP contribution >= 0.6 is 23.2 Å². The molecule has 1 amide bonds. The normalized spacial score (nSPS) is 10.6. The Balaban J connectivity index is 1.62. The average molecular weight is 363 g/mol. The van der Waals surface area contributed by atoms with E-state index in [1.807, 2.05) is 18.2 Å². The molecular weight excluding hydrogens is 351 g/mol. The predicted molar refractivity (Wildman–Crippen MR) is 93.7 cm³/mol. The number of H-pyrrole nitrogens is 1. The highest BCUT2D eigenvalue weighted by molar-refractivity contribution is 6.35. The van der Waals surface area contributed by atoms with Gasteiger partial charge in [-0.25, -0.2) is 4.79 Å². The monoisotopic (exact) mass is 362 g/mol. The van der Waals surface area contributed by atoms with E-state index in [0.29, 0.717) is 21.3 Å². The Morgan fingerprint density at radius 1 is 1.08 bits per heavy atom. The lowest BCUT2D eigenvalue weighted by Crippen LogP contribution is -2.20. The molecule has 5 nitrogen and oxygen atoms in total. The van der Waals surface area contributed by atoms with Crippen molar-refractivity contribution < 1.29 is 14.3 Å². The van der Waals surface area contributed by atoms with E-state index in [0.717, 1.165) is 10.9 Å². The quantitative estimate of drug-likeness (QED) is 0.680. The Labute approximate surface area is 147 Å². The molecule has 0 radical (unpaired) electrons. The number of carbonyl (C=O) groups is 2. The largest absolute Gasteiger partial charge is 0.452 e. The summed E-state index contributed by atoms with van der Waals surface area (Å²) in [5, 5.41) is 4.10. The third kappa shape index (κ3) is 3.69. The van der Waals surface area contributed by atoms with Crippen LogP contribution in [0.15, 0.2) is 48.7 Å². The van der Waals surface area contributed by atoms with Crippen molar-refractivity contribution in [3.63, 3.8) is 0 Å². The highest BCUT2D eigenvalue weighted by Crippen LogP contribution is 2.22. The van der Waals surface area contributed by atoms with Crippen molar-refractivity contribution in [1.29, 1.82) is 0 Å². The fourth-order valence-corrected chi connectivity index (χ4v) is 2.80. The first-order valence-corrected chi connectivity index (χ1v) is 7.78. The molecule has 0 saturated carbocycles. The van der Waals surface area contributed by atoms with Gasteiger partial charge in [0.25, 0.3) is 5.91 Å². The van der Waals surface area contributed by atoms with Crippen LogP contribution in [-0.4, -0.2) is 23.5 Å². The van der Waals surface area contributed by atoms with Crippen molar-refractivity contribution in [2.75, 3.05) is 11.9 Å². The first-order chi connectivity index (χ1) is 11.5. The molecule has 0 aliphatic rings. The summed E-state index contributed by atoms with van der Waals surface area (Å²) in [6.07, 6.45) is 1.56. The van der Waals surface area contributed by atoms with E-state index in [1.165, 1.54) is 0 Å². The lowest BCUT2D eigenvalue weighted by Gasteiger charge is -2.07. The second-order valence-corrected chi connectivity index (χ2v) is 5.90. The minimum atomic E-state index is -0.577. The summed E-state index contributed by atoms with van der Waals surface area (Å²) in [5.41, 5.74) is 1.63. The number of ether oxygens (including phenoxy) is 1. The van der Waals surface area contributed by atoms with Gasteiger partial charge in [-0.1, -0.05) is 41.4 Å². The van der Waals surface area contributed by atoms with Gasteiger partial charge < -0.3 is 15.0 Å². The zero-order valence-electron chi connectivity index (χ0n) is 12.3. The van der Waals surface area contributed by atoms with Crippen LogP contribution in [0.25, 0.3) is 10.9 Å². The van der Waals surface area contributed by atoms with E-state index < -0.39 is 18.5 Å². The number of benzene rings is 2. The lowest BCUT2D eigenvalue weighted by molar-refractivity contribution is -0.119. The molecule has 0 saturated heterocycles. The van der Waals surface area contributed by atoms with E-state index in [9.17, 15) is 9.59 Å². The molecule has 2 N–H and O–H groups in total. The number of hydrogen-bond donors (Lipinski definition) is 2. The number of aromatic nitrogens is 1. The molecular formula is C17H12Cl2N2O3. The molecule has 0 spiro atoms. The van der Waals surface area contributed by atoms with Crippen LogP contribution in [0.4, 0.5) is 5.69 Å². The van der Waals surface area contributed by atoms with Gasteiger partial charge in [0, 0.05) is 32.8 Å². The minimum absolute atomic E-state index is 0.379. The van der Waals surface area contributed by atoms with E-state index in [-0.39, 0.29) is 0 Å². The Morgan fingerprint density at radius 3 is 2.54 bits per heavy atom. The molecule has 2 aromatic carbocycles. The molecule has 0 fully saturated rings. The number of halogens is 2. The molecule has 0 unspecified atom stereocenters. The maximum absolute atomic E-state index is 12.1. The number of amides is 1. The Hall–Kier alpha value is -2.50. The van der Waals surface area contributed by atoms with E-state index in [2.05, 4.69) is 10.3 Å². The summed E-state index contributed by atoms with van der Waals surface area (Å²) in [5.74, 6) is -1.06. The van der Waals surface area contributed by atoms with Gasteiger partial charge in [-0.05, 0) is 24.3 Å². The third-order valence-electron chi connectivity index (χ3n) is 3.29. The summed E-state index contributed by atoms with van der Waals surface area (Å²) >= 11 is 11.7. The third-order valence-corrected chi connectivity index (χ3v) is 3.73. The van der Waals surface area contributed by atoms with E-state index >= 15 is 0 Å². The van der Waals surface area contributed by atoms with Crippen molar-refractivity contribution in [3.8, 4) is 0 Å². The number of nitrogens with one attached hydrogen (secondary N) is 2. The summed E-state index contributed by atoms with van der Waals surface area (Å²) < 4.78 is 5.05. The van der Waals surface area contributed by atoms with Crippen molar-refractivity contribution in [2.45, 2.75) is 0 Å². The molecule has 7 heteroatoms. The van der Waals surface area contributed by atoms with Crippen LogP contribution in [0.3, 0.4) is 0 Å². The maximum atomic E-state index is 12.1. The smallest absolute Gasteiger partial charge is 0.340 e. The number of carbonyl (C=O) groups excluding carboxylic acids is 2. The van der Waals surface area contributed by atoms with Crippen molar-refractivity contribution >= 4 is 51.7 Å². The van der Waals surface area contributed by atoms with Gasteiger partial charge in [-0.3, -0.25) is 4.79 Å². The molecule has 1 heterocycles. The van der Waals surface area contributed by atoms with Crippen molar-refractivity contribution in [1.82, 2.24) is 4.98 Å². The predicted octanol–water partition coefficient (Wildman–Crippen LogP) is 4.27. The van der Waals surface area contributed by atoms with Crippen LogP contribution in [-0.2, 0) is 9.53 Å². The van der Waals surface area contributed by atoms with Gasteiger partial charge in [0.1, 0.15) is 0 Å². The van der Waals surface area contributed by atoms with Crippen molar-refractivity contribution in [2.24, 2.45) is 0 Å². The summed E-state index contributed by atoms with van der Waals surface area (Å²) in [6, 6.07) is 12.0. The molecule has 0 aliphatic heterocycles. The molecule has 122 valence electrons. The number of hydrogen-bond acceptors (Lipinski definition) is 3. The second-order valence-electron chi connectivity index (χ2n) is 5.03. The van der Waals surface area contributed by atoms with Gasteiger partial charge in [0.2, 0.25) is 0 Å². The fourth-order valence-electron chi connectivity index (χ4n) is 2.27. The summed E-state index contributed by atoms with van der Waals surface area (Å²) in [6.45, 7) is -0.414. The van der Waals surface area contributed by atoms with E-state index in [1.54, 1.807) is 30.5 Å². The van der Waals surface area contributed by atoms with Crippen LogP contribution in [0.1, 0.15) is 10.4 Å². The number of esters is 1. The minimum Gasteiger partial charge on any atom is -0.452 e. The first-order valence-electron chi connectivity index (χ1n) is 7.02. The summed E-state index contributed by atoms with van der Waals surface area (Å²) in [7, 11) is 0. The molecule has 3 aromatic rings. The fraction of sp³-hybridized carbons (Fsp3) is 0.0588. The lowest BCUT2D eigenvalue weighted by atomic mass is 10.2. The van der Waals surface area contributed by atoms with Gasteiger partial charge in [0.15, 0.2) is 6.61 Å². The number of aromatic amines is 1. The Kier molecular flexibility index (Phi) is 4.74. The number of anilines is 1. The van der Waals surface area contributed by atoms with Gasteiger partial charge in [-0.15, -0.1) is 0 Å². The molecule has 0 aliphatic carbocycles. The first kappa shape index (κ1) is 16.4. The second kappa shape index (κ2) is 6.95. The molecule has 1 aromatic heterocycles. The molecule has 0 atom stereocenters. The van der Waals surface area contributed by atoms with Gasteiger partial charge in [0.05, 0.1) is 5.56 Å². The topological polar surface area (TPSA) is 71.2 Å². The Morgan fingerprint density at radius 2 is 1.79 bits per heavy atom. The molecule has 3 rings (SSSR count).